The first-order chi connectivity index (χ1) is 25.3. The molecule has 0 N–H and O–H groups in total. The molecule has 51 heavy (non-hydrogen) atoms. The molecule has 4 heteroatoms. The van der Waals surface area contributed by atoms with Crippen LogP contribution in [-0.4, -0.2) is 4.98 Å². The molecule has 0 saturated carbocycles. The number of anilines is 3. The molecule has 0 bridgehead atoms. The SMILES string of the molecule is c1ccc(N(c2ccccc2)c2ccc(-c3ccc(-c4cccc5oc6cc(-c7nc8ccccc8o7)c7ccccc7c6c45)cc3)cc2)cc1. The summed E-state index contributed by atoms with van der Waals surface area (Å²) in [5, 5.41) is 4.38. The van der Waals surface area contributed by atoms with Gasteiger partial charge >= 0.3 is 0 Å². The number of fused-ring (bicyclic) bond motifs is 6. The quantitative estimate of drug-likeness (QED) is 0.179. The van der Waals surface area contributed by atoms with Gasteiger partial charge in [0.1, 0.15) is 16.7 Å². The van der Waals surface area contributed by atoms with Gasteiger partial charge in [0, 0.05) is 33.4 Å². The van der Waals surface area contributed by atoms with Crippen molar-refractivity contribution in [3.8, 4) is 33.7 Å². The van der Waals surface area contributed by atoms with Crippen LogP contribution in [-0.2, 0) is 0 Å². The first-order valence-corrected chi connectivity index (χ1v) is 17.1. The monoisotopic (exact) mass is 654 g/mol. The van der Waals surface area contributed by atoms with Crippen molar-refractivity contribution in [2.75, 3.05) is 4.90 Å². The summed E-state index contributed by atoms with van der Waals surface area (Å²) in [7, 11) is 0. The number of hydrogen-bond acceptors (Lipinski definition) is 4. The molecule has 240 valence electrons. The number of rotatable bonds is 6. The summed E-state index contributed by atoms with van der Waals surface area (Å²) in [6.45, 7) is 0. The van der Waals surface area contributed by atoms with E-state index in [2.05, 4.69) is 163 Å². The maximum atomic E-state index is 6.57. The Balaban J connectivity index is 1.04. The summed E-state index contributed by atoms with van der Waals surface area (Å²) >= 11 is 0. The Morgan fingerprint density at radius 2 is 0.941 bits per heavy atom. The van der Waals surface area contributed by atoms with Crippen LogP contribution in [0.1, 0.15) is 0 Å². The summed E-state index contributed by atoms with van der Waals surface area (Å²) < 4.78 is 12.8. The lowest BCUT2D eigenvalue weighted by Crippen LogP contribution is -2.09. The van der Waals surface area contributed by atoms with Crippen molar-refractivity contribution in [2.24, 2.45) is 0 Å². The maximum Gasteiger partial charge on any atom is 0.228 e. The van der Waals surface area contributed by atoms with E-state index in [-0.39, 0.29) is 0 Å². The van der Waals surface area contributed by atoms with E-state index in [1.54, 1.807) is 0 Å². The van der Waals surface area contributed by atoms with Gasteiger partial charge in [0.05, 0.1) is 0 Å². The van der Waals surface area contributed by atoms with Crippen LogP contribution in [0.2, 0.25) is 0 Å². The van der Waals surface area contributed by atoms with E-state index in [4.69, 9.17) is 13.8 Å². The fourth-order valence-electron chi connectivity index (χ4n) is 7.33. The van der Waals surface area contributed by atoms with Gasteiger partial charge in [-0.25, -0.2) is 4.98 Å². The topological polar surface area (TPSA) is 42.4 Å². The predicted molar refractivity (Wildman–Crippen MR) is 210 cm³/mol. The molecule has 10 aromatic rings. The standard InChI is InChI=1S/C47H30N2O2/c1-3-12-34(13-4-1)49(35-14-5-2-6-15-35)36-28-26-32(27-29-36)31-22-24-33(25-23-31)37-18-11-21-43-45(37)46-39-17-8-7-16-38(39)40(30-44(46)50-43)47-48-41-19-9-10-20-42(41)51-47/h1-30H. The highest BCUT2D eigenvalue weighted by molar-refractivity contribution is 6.25. The Morgan fingerprint density at radius 1 is 0.373 bits per heavy atom. The smallest absolute Gasteiger partial charge is 0.228 e. The lowest BCUT2D eigenvalue weighted by Gasteiger charge is -2.25. The summed E-state index contributed by atoms with van der Waals surface area (Å²) in [5.41, 5.74) is 12.1. The average Bonchev–Trinajstić information content (AvgIpc) is 3.81. The molecular formula is C47H30N2O2. The van der Waals surface area contributed by atoms with Gasteiger partial charge in [-0.05, 0) is 93.7 Å². The van der Waals surface area contributed by atoms with Crippen molar-refractivity contribution in [1.29, 1.82) is 0 Å². The third-order valence-corrected chi connectivity index (χ3v) is 9.71. The van der Waals surface area contributed by atoms with Crippen LogP contribution in [0, 0.1) is 0 Å². The third kappa shape index (κ3) is 4.96. The molecule has 0 amide bonds. The van der Waals surface area contributed by atoms with Gasteiger partial charge in [-0.2, -0.15) is 0 Å². The molecule has 0 spiro atoms. The van der Waals surface area contributed by atoms with Crippen molar-refractivity contribution in [3.63, 3.8) is 0 Å². The van der Waals surface area contributed by atoms with Gasteiger partial charge in [-0.15, -0.1) is 0 Å². The Kier molecular flexibility index (Phi) is 6.78. The van der Waals surface area contributed by atoms with E-state index in [9.17, 15) is 0 Å². The number of nitrogens with zero attached hydrogens (tertiary/aromatic N) is 2. The highest BCUT2D eigenvalue weighted by atomic mass is 16.3. The van der Waals surface area contributed by atoms with Crippen LogP contribution >= 0.6 is 0 Å². The number of hydrogen-bond donors (Lipinski definition) is 0. The first kappa shape index (κ1) is 29.0. The van der Waals surface area contributed by atoms with Gasteiger partial charge in [-0.1, -0.05) is 121 Å². The Morgan fingerprint density at radius 3 is 1.65 bits per heavy atom. The number of oxazole rings is 1. The van der Waals surface area contributed by atoms with E-state index < -0.39 is 0 Å². The molecule has 0 unspecified atom stereocenters. The molecule has 4 nitrogen and oxygen atoms in total. The predicted octanol–water partition coefficient (Wildman–Crippen LogP) is 13.4. The highest BCUT2D eigenvalue weighted by Crippen LogP contribution is 2.44. The third-order valence-electron chi connectivity index (χ3n) is 9.71. The molecule has 2 aromatic heterocycles. The normalized spacial score (nSPS) is 11.5. The Hall–Kier alpha value is -6.91. The minimum atomic E-state index is 0.589. The van der Waals surface area contributed by atoms with Gasteiger partial charge < -0.3 is 13.7 Å². The van der Waals surface area contributed by atoms with E-state index in [1.165, 1.54) is 0 Å². The average molecular weight is 655 g/mol. The fraction of sp³-hybridized carbons (Fsp3) is 0. The van der Waals surface area contributed by atoms with Crippen LogP contribution < -0.4 is 4.90 Å². The summed E-state index contributed by atoms with van der Waals surface area (Å²) in [5.74, 6) is 0.589. The molecule has 10 rings (SSSR count). The molecule has 0 aliphatic carbocycles. The van der Waals surface area contributed by atoms with Gasteiger partial charge in [0.2, 0.25) is 5.89 Å². The molecule has 0 fully saturated rings. The summed E-state index contributed by atoms with van der Waals surface area (Å²) in [6.07, 6.45) is 0. The molecular weight excluding hydrogens is 625 g/mol. The number of aromatic nitrogens is 1. The zero-order chi connectivity index (χ0) is 33.7. The van der Waals surface area contributed by atoms with Crippen molar-refractivity contribution >= 4 is 60.9 Å². The molecule has 0 aliphatic rings. The zero-order valence-corrected chi connectivity index (χ0v) is 27.5. The molecule has 0 radical (unpaired) electrons. The Bertz CT molecular complexity index is 2760. The first-order valence-electron chi connectivity index (χ1n) is 17.1. The van der Waals surface area contributed by atoms with Crippen LogP contribution in [0.25, 0.3) is 77.5 Å². The zero-order valence-electron chi connectivity index (χ0n) is 27.5. The molecule has 0 aliphatic heterocycles. The van der Waals surface area contributed by atoms with Crippen LogP contribution in [0.3, 0.4) is 0 Å². The maximum absolute atomic E-state index is 6.57. The minimum Gasteiger partial charge on any atom is -0.456 e. The second-order valence-corrected chi connectivity index (χ2v) is 12.7. The van der Waals surface area contributed by atoms with Crippen molar-refractivity contribution in [2.45, 2.75) is 0 Å². The fourth-order valence-corrected chi connectivity index (χ4v) is 7.33. The minimum absolute atomic E-state index is 0.589. The molecule has 8 aromatic carbocycles. The molecule has 0 saturated heterocycles. The van der Waals surface area contributed by atoms with E-state index >= 15 is 0 Å². The van der Waals surface area contributed by atoms with Crippen molar-refractivity contribution in [1.82, 2.24) is 4.98 Å². The van der Waals surface area contributed by atoms with E-state index in [1.807, 2.05) is 24.3 Å². The van der Waals surface area contributed by atoms with Crippen molar-refractivity contribution in [3.05, 3.63) is 182 Å². The van der Waals surface area contributed by atoms with E-state index in [0.717, 1.165) is 88.7 Å². The van der Waals surface area contributed by atoms with Gasteiger partial charge in [0.15, 0.2) is 5.58 Å². The number of para-hydroxylation sites is 4. The Labute approximate surface area is 294 Å². The van der Waals surface area contributed by atoms with Crippen LogP contribution in [0.5, 0.6) is 0 Å². The summed E-state index contributed by atoms with van der Waals surface area (Å²) in [4.78, 5) is 7.10. The van der Waals surface area contributed by atoms with Gasteiger partial charge in [-0.3, -0.25) is 0 Å². The summed E-state index contributed by atoms with van der Waals surface area (Å²) in [6, 6.07) is 63.3. The lowest BCUT2D eigenvalue weighted by molar-refractivity contribution is 0.620. The lowest BCUT2D eigenvalue weighted by atomic mass is 9.94. The largest absolute Gasteiger partial charge is 0.456 e. The number of furan rings is 1. The van der Waals surface area contributed by atoms with Crippen molar-refractivity contribution < 1.29 is 8.83 Å². The number of benzene rings is 8. The van der Waals surface area contributed by atoms with Crippen LogP contribution in [0.15, 0.2) is 191 Å². The van der Waals surface area contributed by atoms with Crippen LogP contribution in [0.4, 0.5) is 17.1 Å². The second kappa shape index (κ2) is 11.9. The molecule has 2 heterocycles. The highest BCUT2D eigenvalue weighted by Gasteiger charge is 2.20. The van der Waals surface area contributed by atoms with Gasteiger partial charge in [0.25, 0.3) is 0 Å². The molecule has 0 atom stereocenters. The van der Waals surface area contributed by atoms with E-state index in [0.29, 0.717) is 5.89 Å². The second-order valence-electron chi connectivity index (χ2n) is 12.7.